The fourth-order valence-corrected chi connectivity index (χ4v) is 4.78. The molecular weight excluding hydrogens is 570 g/mol. The number of nitrogens with zero attached hydrogens (tertiary/aromatic N) is 2. The number of halogens is 2. The van der Waals surface area contributed by atoms with E-state index in [1.165, 1.54) is 25.0 Å². The average molecular weight is 595 g/mol. The predicted molar refractivity (Wildman–Crippen MR) is 146 cm³/mol. The summed E-state index contributed by atoms with van der Waals surface area (Å²) in [5.74, 6) is 0.388. The lowest BCUT2D eigenvalue weighted by Gasteiger charge is -2.21. The maximum absolute atomic E-state index is 12.4. The quantitative estimate of drug-likeness (QED) is 0.266. The fraction of sp³-hybridized carbons (Fsp3) is 0.200. The van der Waals surface area contributed by atoms with Crippen LogP contribution in [0, 0.1) is 6.92 Å². The highest BCUT2D eigenvalue weighted by molar-refractivity contribution is 9.10. The Morgan fingerprint density at radius 1 is 1.17 bits per heavy atom. The van der Waals surface area contributed by atoms with Crippen LogP contribution in [0.15, 0.2) is 70.2 Å². The van der Waals surface area contributed by atoms with Crippen LogP contribution in [-0.4, -0.2) is 40.4 Å². The molecule has 0 heterocycles. The Labute approximate surface area is 224 Å². The summed E-state index contributed by atoms with van der Waals surface area (Å²) in [5.41, 5.74) is 5.43. The first kappa shape index (κ1) is 27.5. The topological polar surface area (TPSA) is 97.3 Å². The summed E-state index contributed by atoms with van der Waals surface area (Å²) in [5, 5.41) is 4.30. The van der Waals surface area contributed by atoms with Gasteiger partial charge in [-0.25, -0.2) is 13.8 Å². The average Bonchev–Trinajstić information content (AvgIpc) is 2.82. The monoisotopic (exact) mass is 593 g/mol. The highest BCUT2D eigenvalue weighted by atomic mass is 79.9. The maximum atomic E-state index is 12.4. The summed E-state index contributed by atoms with van der Waals surface area (Å²) >= 11 is 9.46. The van der Waals surface area contributed by atoms with E-state index in [0.717, 1.165) is 16.1 Å². The standard InChI is InChI=1S/C25H25BrClN3O5S/c1-17-7-9-18(10-8-17)16-35-25-22(26)11-19(12-23(25)34-2)14-28-29-24(31)15-30(36(3,32)33)21-6-4-5-20(27)13-21/h4-14H,15-16H2,1-3H3,(H,29,31)/b28-14-. The molecular formula is C25H25BrClN3O5S. The molecule has 36 heavy (non-hydrogen) atoms. The van der Waals surface area contributed by atoms with Gasteiger partial charge in [0, 0.05) is 5.02 Å². The van der Waals surface area contributed by atoms with Gasteiger partial charge in [-0.3, -0.25) is 9.10 Å². The van der Waals surface area contributed by atoms with E-state index < -0.39 is 22.5 Å². The molecule has 1 amide bonds. The third-order valence-corrected chi connectivity index (χ3v) is 6.91. The van der Waals surface area contributed by atoms with Crippen molar-refractivity contribution in [2.45, 2.75) is 13.5 Å². The largest absolute Gasteiger partial charge is 0.493 e. The zero-order valence-corrected chi connectivity index (χ0v) is 23.0. The number of aryl methyl sites for hydroxylation is 1. The number of methoxy groups -OCH3 is 1. The molecule has 3 aromatic carbocycles. The number of carbonyl (C=O) groups is 1. The van der Waals surface area contributed by atoms with Gasteiger partial charge in [0.2, 0.25) is 10.0 Å². The van der Waals surface area contributed by atoms with Gasteiger partial charge in [-0.1, -0.05) is 47.5 Å². The summed E-state index contributed by atoms with van der Waals surface area (Å²) < 4.78 is 37.4. The molecule has 11 heteroatoms. The van der Waals surface area contributed by atoms with Crippen molar-refractivity contribution in [1.29, 1.82) is 0 Å². The van der Waals surface area contributed by atoms with E-state index in [2.05, 4.69) is 26.5 Å². The van der Waals surface area contributed by atoms with Gasteiger partial charge in [0.1, 0.15) is 13.2 Å². The Hall–Kier alpha value is -3.08. The third kappa shape index (κ3) is 7.71. The fourth-order valence-electron chi connectivity index (χ4n) is 3.17. The van der Waals surface area contributed by atoms with Crippen molar-refractivity contribution in [2.75, 3.05) is 24.2 Å². The lowest BCUT2D eigenvalue weighted by atomic mass is 10.2. The number of sulfonamides is 1. The van der Waals surface area contributed by atoms with Gasteiger partial charge in [0.05, 0.1) is 29.7 Å². The lowest BCUT2D eigenvalue weighted by molar-refractivity contribution is -0.119. The SMILES string of the molecule is COc1cc(/C=N\NC(=O)CN(c2cccc(Cl)c2)S(C)(=O)=O)cc(Br)c1OCc1ccc(C)cc1. The van der Waals surface area contributed by atoms with E-state index in [0.29, 0.717) is 33.2 Å². The first-order chi connectivity index (χ1) is 17.1. The molecule has 0 saturated carbocycles. The molecule has 8 nitrogen and oxygen atoms in total. The van der Waals surface area contributed by atoms with Crippen molar-refractivity contribution in [3.63, 3.8) is 0 Å². The van der Waals surface area contributed by atoms with Crippen LogP contribution < -0.4 is 19.2 Å². The molecule has 0 radical (unpaired) electrons. The smallest absolute Gasteiger partial charge is 0.260 e. The third-order valence-electron chi connectivity index (χ3n) is 4.94. The molecule has 0 atom stereocenters. The van der Waals surface area contributed by atoms with Crippen molar-refractivity contribution in [1.82, 2.24) is 5.43 Å². The van der Waals surface area contributed by atoms with E-state index >= 15 is 0 Å². The first-order valence-electron chi connectivity index (χ1n) is 10.7. The van der Waals surface area contributed by atoms with Gasteiger partial charge >= 0.3 is 0 Å². The molecule has 0 aliphatic rings. The summed E-state index contributed by atoms with van der Waals surface area (Å²) in [6.07, 6.45) is 2.43. The second kappa shape index (κ2) is 12.2. The van der Waals surface area contributed by atoms with E-state index in [4.69, 9.17) is 21.1 Å². The van der Waals surface area contributed by atoms with Crippen LogP contribution in [0.2, 0.25) is 5.02 Å². The molecule has 0 aliphatic heterocycles. The summed E-state index contributed by atoms with van der Waals surface area (Å²) in [6, 6.07) is 17.7. The minimum absolute atomic E-state index is 0.277. The summed E-state index contributed by atoms with van der Waals surface area (Å²) in [4.78, 5) is 12.4. The van der Waals surface area contributed by atoms with E-state index in [1.54, 1.807) is 30.3 Å². The second-order valence-electron chi connectivity index (χ2n) is 7.85. The highest BCUT2D eigenvalue weighted by Gasteiger charge is 2.21. The Morgan fingerprint density at radius 3 is 2.53 bits per heavy atom. The number of carbonyl (C=O) groups excluding carboxylic acids is 1. The van der Waals surface area contributed by atoms with Crippen molar-refractivity contribution in [3.8, 4) is 11.5 Å². The van der Waals surface area contributed by atoms with Crippen LogP contribution in [0.4, 0.5) is 5.69 Å². The van der Waals surface area contributed by atoms with Crippen LogP contribution in [0.3, 0.4) is 0 Å². The Bertz CT molecular complexity index is 1360. The number of rotatable bonds is 10. The molecule has 1 N–H and O–H groups in total. The van der Waals surface area contributed by atoms with Gasteiger partial charge < -0.3 is 9.47 Å². The number of ether oxygens (including phenoxy) is 2. The Balaban J connectivity index is 1.67. The maximum Gasteiger partial charge on any atom is 0.260 e. The predicted octanol–water partition coefficient (Wildman–Crippen LogP) is 4.91. The normalized spacial score (nSPS) is 11.4. The minimum atomic E-state index is -3.73. The second-order valence-corrected chi connectivity index (χ2v) is 11.0. The molecule has 0 unspecified atom stereocenters. The number of hydrogen-bond acceptors (Lipinski definition) is 6. The zero-order chi connectivity index (χ0) is 26.3. The van der Waals surface area contributed by atoms with Gasteiger partial charge in [0.25, 0.3) is 5.91 Å². The zero-order valence-electron chi connectivity index (χ0n) is 19.9. The number of hydrazone groups is 1. The molecule has 0 saturated heterocycles. The van der Waals surface area contributed by atoms with Crippen LogP contribution in [0.25, 0.3) is 0 Å². The molecule has 0 bridgehead atoms. The summed E-state index contributed by atoms with van der Waals surface area (Å²) in [6.45, 7) is 1.92. The first-order valence-corrected chi connectivity index (χ1v) is 13.7. The number of anilines is 1. The lowest BCUT2D eigenvalue weighted by Crippen LogP contribution is -2.39. The van der Waals surface area contributed by atoms with Crippen LogP contribution in [0.5, 0.6) is 11.5 Å². The molecule has 3 aromatic rings. The van der Waals surface area contributed by atoms with E-state index in [-0.39, 0.29) is 5.69 Å². The number of benzene rings is 3. The molecule has 3 rings (SSSR count). The van der Waals surface area contributed by atoms with Crippen LogP contribution in [0.1, 0.15) is 16.7 Å². The van der Waals surface area contributed by atoms with Crippen molar-refractivity contribution in [3.05, 3.63) is 86.8 Å². The van der Waals surface area contributed by atoms with Crippen molar-refractivity contribution in [2.24, 2.45) is 5.10 Å². The number of amides is 1. The van der Waals surface area contributed by atoms with Gasteiger partial charge in [0.15, 0.2) is 11.5 Å². The van der Waals surface area contributed by atoms with Gasteiger partial charge in [-0.2, -0.15) is 5.10 Å². The molecule has 0 spiro atoms. The van der Waals surface area contributed by atoms with Crippen LogP contribution in [-0.2, 0) is 21.4 Å². The van der Waals surface area contributed by atoms with Crippen LogP contribution >= 0.6 is 27.5 Å². The van der Waals surface area contributed by atoms with Gasteiger partial charge in [-0.05, 0) is 64.3 Å². The molecule has 0 aliphatic carbocycles. The Morgan fingerprint density at radius 2 is 1.89 bits per heavy atom. The van der Waals surface area contributed by atoms with Crippen molar-refractivity contribution >= 4 is 55.4 Å². The number of hydrogen-bond donors (Lipinski definition) is 1. The molecule has 190 valence electrons. The summed E-state index contributed by atoms with van der Waals surface area (Å²) in [7, 11) is -2.20. The highest BCUT2D eigenvalue weighted by Crippen LogP contribution is 2.37. The van der Waals surface area contributed by atoms with E-state index in [1.807, 2.05) is 31.2 Å². The van der Waals surface area contributed by atoms with Crippen molar-refractivity contribution < 1.29 is 22.7 Å². The van der Waals surface area contributed by atoms with Gasteiger partial charge in [-0.15, -0.1) is 0 Å². The Kier molecular flexibility index (Phi) is 9.36. The number of nitrogens with one attached hydrogen (secondary N) is 1. The van der Waals surface area contributed by atoms with E-state index in [9.17, 15) is 13.2 Å². The molecule has 0 aromatic heterocycles. The minimum Gasteiger partial charge on any atom is -0.493 e. The molecule has 0 fully saturated rings.